The Morgan fingerprint density at radius 2 is 2.35 bits per heavy atom. The van der Waals surface area contributed by atoms with E-state index < -0.39 is 0 Å². The molecule has 0 aliphatic carbocycles. The summed E-state index contributed by atoms with van der Waals surface area (Å²) in [5, 5.41) is 14.4. The molecule has 0 amide bonds. The van der Waals surface area contributed by atoms with Gasteiger partial charge < -0.3 is 10.0 Å². The van der Waals surface area contributed by atoms with Crippen molar-refractivity contribution in [1.82, 2.24) is 19.7 Å². The number of anilines is 1. The van der Waals surface area contributed by atoms with E-state index in [1.807, 2.05) is 7.05 Å². The molecule has 0 radical (unpaired) electrons. The van der Waals surface area contributed by atoms with Crippen molar-refractivity contribution >= 4 is 16.9 Å². The average molecular weight is 233 g/mol. The highest BCUT2D eigenvalue weighted by Gasteiger charge is 2.24. The predicted molar refractivity (Wildman–Crippen MR) is 63.7 cm³/mol. The van der Waals surface area contributed by atoms with Gasteiger partial charge in [0.2, 0.25) is 0 Å². The van der Waals surface area contributed by atoms with Gasteiger partial charge in [-0.25, -0.2) is 9.97 Å². The Morgan fingerprint density at radius 3 is 3.12 bits per heavy atom. The van der Waals surface area contributed by atoms with Crippen molar-refractivity contribution < 1.29 is 5.11 Å². The molecule has 1 aliphatic heterocycles. The minimum atomic E-state index is 0.248. The summed E-state index contributed by atoms with van der Waals surface area (Å²) in [6.07, 6.45) is 4.39. The molecule has 0 spiro atoms. The number of hydrogen-bond acceptors (Lipinski definition) is 5. The van der Waals surface area contributed by atoms with E-state index in [1.165, 1.54) is 0 Å². The molecule has 2 aromatic rings. The molecule has 1 atom stereocenters. The summed E-state index contributed by atoms with van der Waals surface area (Å²) in [6.45, 7) is 2.04. The van der Waals surface area contributed by atoms with Gasteiger partial charge in [0.1, 0.15) is 12.1 Å². The summed E-state index contributed by atoms with van der Waals surface area (Å²) in [7, 11) is 1.87. The Hall–Kier alpha value is -1.69. The zero-order chi connectivity index (χ0) is 11.8. The topological polar surface area (TPSA) is 67.1 Å². The summed E-state index contributed by atoms with van der Waals surface area (Å²) in [5.41, 5.74) is 0.849. The Bertz CT molecular complexity index is 538. The van der Waals surface area contributed by atoms with Gasteiger partial charge >= 0.3 is 0 Å². The zero-order valence-corrected chi connectivity index (χ0v) is 9.74. The second-order valence-corrected chi connectivity index (χ2v) is 4.49. The molecule has 3 rings (SSSR count). The van der Waals surface area contributed by atoms with Crippen LogP contribution < -0.4 is 4.90 Å². The molecular weight excluding hydrogens is 218 g/mol. The van der Waals surface area contributed by atoms with Gasteiger partial charge in [-0.05, 0) is 6.42 Å². The molecule has 17 heavy (non-hydrogen) atoms. The maximum absolute atomic E-state index is 9.17. The molecule has 90 valence electrons. The van der Waals surface area contributed by atoms with Crippen molar-refractivity contribution in [3.8, 4) is 0 Å². The van der Waals surface area contributed by atoms with Crippen molar-refractivity contribution in [3.05, 3.63) is 12.5 Å². The van der Waals surface area contributed by atoms with Crippen molar-refractivity contribution in [2.24, 2.45) is 13.0 Å². The van der Waals surface area contributed by atoms with Crippen LogP contribution >= 0.6 is 0 Å². The third-order valence-electron chi connectivity index (χ3n) is 3.35. The van der Waals surface area contributed by atoms with Crippen molar-refractivity contribution in [1.29, 1.82) is 0 Å². The largest absolute Gasteiger partial charge is 0.396 e. The monoisotopic (exact) mass is 233 g/mol. The first-order valence-electron chi connectivity index (χ1n) is 5.78. The summed E-state index contributed by atoms with van der Waals surface area (Å²) < 4.78 is 1.75. The lowest BCUT2D eigenvalue weighted by molar-refractivity contribution is 0.238. The molecule has 1 fully saturated rings. The van der Waals surface area contributed by atoms with Crippen molar-refractivity contribution in [3.63, 3.8) is 0 Å². The highest BCUT2D eigenvalue weighted by Crippen LogP contribution is 2.27. The van der Waals surface area contributed by atoms with Crippen LogP contribution in [0.15, 0.2) is 12.5 Å². The van der Waals surface area contributed by atoms with E-state index in [0.717, 1.165) is 36.4 Å². The van der Waals surface area contributed by atoms with E-state index in [1.54, 1.807) is 17.2 Å². The van der Waals surface area contributed by atoms with E-state index in [0.29, 0.717) is 5.92 Å². The normalized spacial score (nSPS) is 20.4. The number of fused-ring (bicyclic) bond motifs is 1. The molecule has 0 aromatic carbocycles. The molecule has 6 nitrogen and oxygen atoms in total. The lowest BCUT2D eigenvalue weighted by atomic mass is 10.1. The van der Waals surface area contributed by atoms with Crippen LogP contribution in [0.5, 0.6) is 0 Å². The lowest BCUT2D eigenvalue weighted by Crippen LogP contribution is -2.22. The summed E-state index contributed by atoms with van der Waals surface area (Å²) in [5.74, 6) is 1.29. The fourth-order valence-corrected chi connectivity index (χ4v) is 2.38. The van der Waals surface area contributed by atoms with Crippen molar-refractivity contribution in [2.75, 3.05) is 24.6 Å². The van der Waals surface area contributed by atoms with Gasteiger partial charge in [-0.2, -0.15) is 5.10 Å². The fraction of sp³-hybridized carbons (Fsp3) is 0.545. The van der Waals surface area contributed by atoms with Crippen LogP contribution in [0.2, 0.25) is 0 Å². The maximum Gasteiger partial charge on any atom is 0.163 e. The first kappa shape index (κ1) is 10.5. The number of rotatable bonds is 2. The number of hydrogen-bond donors (Lipinski definition) is 1. The molecule has 1 aliphatic rings. The molecular formula is C11H15N5O. The van der Waals surface area contributed by atoms with Crippen molar-refractivity contribution in [2.45, 2.75) is 6.42 Å². The van der Waals surface area contributed by atoms with Crippen LogP contribution in [-0.2, 0) is 7.05 Å². The van der Waals surface area contributed by atoms with Gasteiger partial charge in [-0.15, -0.1) is 0 Å². The molecule has 2 aromatic heterocycles. The first-order chi connectivity index (χ1) is 8.29. The second kappa shape index (κ2) is 3.96. The molecule has 1 N–H and O–H groups in total. The fourth-order valence-electron chi connectivity index (χ4n) is 2.38. The predicted octanol–water partition coefficient (Wildman–Crippen LogP) is 0.182. The smallest absolute Gasteiger partial charge is 0.163 e. The van der Waals surface area contributed by atoms with Crippen LogP contribution in [0.1, 0.15) is 6.42 Å². The summed E-state index contributed by atoms with van der Waals surface area (Å²) >= 11 is 0. The number of aliphatic hydroxyl groups excluding tert-OH is 1. The van der Waals surface area contributed by atoms with Gasteiger partial charge in [0.15, 0.2) is 5.65 Å². The SMILES string of the molecule is Cn1ncc2c(N3CCC(CO)C3)ncnc21. The molecule has 0 bridgehead atoms. The molecule has 1 unspecified atom stereocenters. The highest BCUT2D eigenvalue weighted by molar-refractivity contribution is 5.86. The zero-order valence-electron chi connectivity index (χ0n) is 9.74. The van der Waals surface area contributed by atoms with Crippen LogP contribution in [-0.4, -0.2) is 44.6 Å². The Labute approximate surface area is 98.9 Å². The third-order valence-corrected chi connectivity index (χ3v) is 3.35. The standard InChI is InChI=1S/C11H15N5O/c1-15-10-9(4-14-15)11(13-7-12-10)16-3-2-8(5-16)6-17/h4,7-8,17H,2-3,5-6H2,1H3. The second-order valence-electron chi connectivity index (χ2n) is 4.49. The summed E-state index contributed by atoms with van der Waals surface area (Å²) in [6, 6.07) is 0. The quantitative estimate of drug-likeness (QED) is 0.801. The summed E-state index contributed by atoms with van der Waals surface area (Å²) in [4.78, 5) is 10.8. The molecule has 1 saturated heterocycles. The Balaban J connectivity index is 2.00. The Kier molecular flexibility index (Phi) is 2.44. The highest BCUT2D eigenvalue weighted by atomic mass is 16.3. The molecule has 6 heteroatoms. The van der Waals surface area contributed by atoms with Gasteiger partial charge in [0, 0.05) is 32.7 Å². The van der Waals surface area contributed by atoms with Gasteiger partial charge in [-0.3, -0.25) is 4.68 Å². The number of aliphatic hydroxyl groups is 1. The first-order valence-corrected chi connectivity index (χ1v) is 5.78. The van der Waals surface area contributed by atoms with Gasteiger partial charge in [-0.1, -0.05) is 0 Å². The van der Waals surface area contributed by atoms with E-state index >= 15 is 0 Å². The van der Waals surface area contributed by atoms with Gasteiger partial charge in [0.25, 0.3) is 0 Å². The van der Waals surface area contributed by atoms with E-state index in [9.17, 15) is 5.11 Å². The van der Waals surface area contributed by atoms with Gasteiger partial charge in [0.05, 0.1) is 11.6 Å². The minimum absolute atomic E-state index is 0.248. The van der Waals surface area contributed by atoms with E-state index in [4.69, 9.17) is 0 Å². The lowest BCUT2D eigenvalue weighted by Gasteiger charge is -2.17. The minimum Gasteiger partial charge on any atom is -0.396 e. The molecule has 0 saturated carbocycles. The van der Waals surface area contributed by atoms with Crippen LogP contribution in [0, 0.1) is 5.92 Å². The van der Waals surface area contributed by atoms with Crippen LogP contribution in [0.3, 0.4) is 0 Å². The number of aromatic nitrogens is 4. The third kappa shape index (κ3) is 1.64. The van der Waals surface area contributed by atoms with Crippen LogP contribution in [0.4, 0.5) is 5.82 Å². The van der Waals surface area contributed by atoms with E-state index in [2.05, 4.69) is 20.0 Å². The Morgan fingerprint density at radius 1 is 1.47 bits per heavy atom. The van der Waals surface area contributed by atoms with Crippen LogP contribution in [0.25, 0.3) is 11.0 Å². The number of aryl methyl sites for hydroxylation is 1. The average Bonchev–Trinajstić information content (AvgIpc) is 2.96. The maximum atomic E-state index is 9.17. The molecule has 3 heterocycles. The van der Waals surface area contributed by atoms with E-state index in [-0.39, 0.29) is 6.61 Å². The number of nitrogens with zero attached hydrogens (tertiary/aromatic N) is 5.